The summed E-state index contributed by atoms with van der Waals surface area (Å²) in [5.74, 6) is 0.465. The van der Waals surface area contributed by atoms with Crippen LogP contribution < -0.4 is 10.1 Å². The fraction of sp³-hybridized carbons (Fsp3) is 0.348. The van der Waals surface area contributed by atoms with Crippen LogP contribution in [0.25, 0.3) is 11.0 Å². The fourth-order valence-corrected chi connectivity index (χ4v) is 3.09. The molecule has 1 amide bonds. The average Bonchev–Trinajstić information content (AvgIpc) is 2.73. The van der Waals surface area contributed by atoms with Gasteiger partial charge in [-0.05, 0) is 57.3 Å². The van der Waals surface area contributed by atoms with E-state index in [-0.39, 0.29) is 5.91 Å². The molecule has 0 atom stereocenters. The molecule has 2 aromatic carbocycles. The van der Waals surface area contributed by atoms with Crippen molar-refractivity contribution in [3.05, 3.63) is 59.4 Å². The van der Waals surface area contributed by atoms with Crippen LogP contribution in [-0.2, 0) is 0 Å². The van der Waals surface area contributed by atoms with Crippen LogP contribution in [0.4, 0.5) is 5.69 Å². The SMILES string of the molecule is CCN(CC)CCOc1ccccc1NC(=O)c1ccc2nc(C)c(C)nc2c1. The zero-order valence-corrected chi connectivity index (χ0v) is 17.5. The molecule has 1 N–H and O–H groups in total. The molecular weight excluding hydrogens is 364 g/mol. The van der Waals surface area contributed by atoms with E-state index in [0.717, 1.165) is 36.5 Å². The molecule has 0 aliphatic rings. The van der Waals surface area contributed by atoms with Gasteiger partial charge in [0.1, 0.15) is 12.4 Å². The third-order valence-corrected chi connectivity index (χ3v) is 5.03. The largest absolute Gasteiger partial charge is 0.490 e. The van der Waals surface area contributed by atoms with Gasteiger partial charge in [-0.2, -0.15) is 0 Å². The van der Waals surface area contributed by atoms with Crippen LogP contribution in [0.2, 0.25) is 0 Å². The Hall–Kier alpha value is -2.99. The maximum Gasteiger partial charge on any atom is 0.255 e. The molecule has 0 saturated heterocycles. The number of ether oxygens (including phenoxy) is 1. The number of rotatable bonds is 8. The van der Waals surface area contributed by atoms with Crippen LogP contribution in [0.1, 0.15) is 35.6 Å². The predicted molar refractivity (Wildman–Crippen MR) is 117 cm³/mol. The van der Waals surface area contributed by atoms with Gasteiger partial charge in [-0.25, -0.2) is 9.97 Å². The van der Waals surface area contributed by atoms with E-state index in [1.165, 1.54) is 0 Å². The molecule has 29 heavy (non-hydrogen) atoms. The highest BCUT2D eigenvalue weighted by molar-refractivity contribution is 6.06. The van der Waals surface area contributed by atoms with Crippen LogP contribution in [0.3, 0.4) is 0 Å². The van der Waals surface area contributed by atoms with E-state index in [1.54, 1.807) is 12.1 Å². The van der Waals surface area contributed by atoms with Gasteiger partial charge in [0.15, 0.2) is 0 Å². The van der Waals surface area contributed by atoms with Crippen molar-refractivity contribution in [2.24, 2.45) is 0 Å². The number of anilines is 1. The molecule has 3 aromatic rings. The van der Waals surface area contributed by atoms with Crippen molar-refractivity contribution in [2.75, 3.05) is 31.6 Å². The first-order valence-corrected chi connectivity index (χ1v) is 10.0. The molecule has 1 aromatic heterocycles. The smallest absolute Gasteiger partial charge is 0.255 e. The number of hydrogen-bond acceptors (Lipinski definition) is 5. The summed E-state index contributed by atoms with van der Waals surface area (Å²) in [7, 11) is 0. The van der Waals surface area contributed by atoms with Gasteiger partial charge in [0.2, 0.25) is 0 Å². The normalized spacial score (nSPS) is 11.1. The molecule has 0 unspecified atom stereocenters. The first-order valence-electron chi connectivity index (χ1n) is 10.0. The monoisotopic (exact) mass is 392 g/mol. The molecule has 6 nitrogen and oxygen atoms in total. The van der Waals surface area contributed by atoms with Gasteiger partial charge in [0.25, 0.3) is 5.91 Å². The van der Waals surface area contributed by atoms with Crippen LogP contribution >= 0.6 is 0 Å². The number of hydrogen-bond donors (Lipinski definition) is 1. The van der Waals surface area contributed by atoms with E-state index in [2.05, 4.69) is 34.0 Å². The number of benzene rings is 2. The number of para-hydroxylation sites is 2. The molecule has 0 saturated carbocycles. The molecule has 3 rings (SSSR count). The summed E-state index contributed by atoms with van der Waals surface area (Å²) in [4.78, 5) is 24.2. The number of amides is 1. The first-order chi connectivity index (χ1) is 14.0. The Labute approximate surface area is 171 Å². The number of nitrogens with zero attached hydrogens (tertiary/aromatic N) is 3. The zero-order valence-electron chi connectivity index (χ0n) is 17.5. The van der Waals surface area contributed by atoms with Crippen LogP contribution in [0.15, 0.2) is 42.5 Å². The van der Waals surface area contributed by atoms with Gasteiger partial charge in [-0.3, -0.25) is 4.79 Å². The molecule has 6 heteroatoms. The van der Waals surface area contributed by atoms with Crippen molar-refractivity contribution in [3.63, 3.8) is 0 Å². The van der Waals surface area contributed by atoms with Gasteiger partial charge in [0, 0.05) is 12.1 Å². The number of aryl methyl sites for hydroxylation is 2. The lowest BCUT2D eigenvalue weighted by Gasteiger charge is -2.19. The Morgan fingerprint density at radius 2 is 1.69 bits per heavy atom. The molecule has 0 spiro atoms. The minimum absolute atomic E-state index is 0.202. The predicted octanol–water partition coefficient (Wildman–Crippen LogP) is 4.22. The fourth-order valence-electron chi connectivity index (χ4n) is 3.09. The van der Waals surface area contributed by atoms with Gasteiger partial charge >= 0.3 is 0 Å². The molecule has 0 fully saturated rings. The second-order valence-corrected chi connectivity index (χ2v) is 6.92. The highest BCUT2D eigenvalue weighted by Crippen LogP contribution is 2.25. The van der Waals surface area contributed by atoms with Gasteiger partial charge in [0.05, 0.1) is 28.1 Å². The highest BCUT2D eigenvalue weighted by Gasteiger charge is 2.12. The number of nitrogens with one attached hydrogen (secondary N) is 1. The van der Waals surface area contributed by atoms with E-state index in [1.807, 2.05) is 44.2 Å². The van der Waals surface area contributed by atoms with Crippen molar-refractivity contribution in [1.29, 1.82) is 0 Å². The summed E-state index contributed by atoms with van der Waals surface area (Å²) >= 11 is 0. The average molecular weight is 393 g/mol. The number of fused-ring (bicyclic) bond motifs is 1. The topological polar surface area (TPSA) is 67.3 Å². The van der Waals surface area contributed by atoms with E-state index < -0.39 is 0 Å². The first kappa shape index (κ1) is 20.7. The van der Waals surface area contributed by atoms with Crippen molar-refractivity contribution in [1.82, 2.24) is 14.9 Å². The Bertz CT molecular complexity index is 999. The summed E-state index contributed by atoms with van der Waals surface area (Å²) in [5, 5.41) is 2.96. The molecule has 0 bridgehead atoms. The molecule has 0 aliphatic heterocycles. The lowest BCUT2D eigenvalue weighted by atomic mass is 10.1. The quantitative estimate of drug-likeness (QED) is 0.622. The molecule has 0 radical (unpaired) electrons. The van der Waals surface area contributed by atoms with Crippen molar-refractivity contribution in [3.8, 4) is 5.75 Å². The summed E-state index contributed by atoms with van der Waals surface area (Å²) in [5.41, 5.74) is 4.44. The zero-order chi connectivity index (χ0) is 20.8. The summed E-state index contributed by atoms with van der Waals surface area (Å²) in [6, 6.07) is 12.9. The van der Waals surface area contributed by atoms with Crippen molar-refractivity contribution >= 4 is 22.6 Å². The third kappa shape index (κ3) is 5.09. The highest BCUT2D eigenvalue weighted by atomic mass is 16.5. The molecule has 1 heterocycles. The van der Waals surface area contributed by atoms with E-state index >= 15 is 0 Å². The Kier molecular flexibility index (Phi) is 6.77. The number of likely N-dealkylation sites (N-methyl/N-ethyl adjacent to an activating group) is 1. The number of carbonyl (C=O) groups excluding carboxylic acids is 1. The van der Waals surface area contributed by atoms with E-state index in [9.17, 15) is 4.79 Å². The maximum absolute atomic E-state index is 12.8. The van der Waals surface area contributed by atoms with Gasteiger partial charge < -0.3 is 15.0 Å². The minimum Gasteiger partial charge on any atom is -0.490 e. The summed E-state index contributed by atoms with van der Waals surface area (Å²) in [6.07, 6.45) is 0. The van der Waals surface area contributed by atoms with Crippen LogP contribution in [0.5, 0.6) is 5.75 Å². The molecule has 0 aliphatic carbocycles. The standard InChI is InChI=1S/C23H28N4O2/c1-5-27(6-2)13-14-29-22-10-8-7-9-20(22)26-23(28)18-11-12-19-21(15-18)25-17(4)16(3)24-19/h7-12,15H,5-6,13-14H2,1-4H3,(H,26,28). The van der Waals surface area contributed by atoms with Gasteiger partial charge in [-0.15, -0.1) is 0 Å². The molecular formula is C23H28N4O2. The number of carbonyl (C=O) groups is 1. The third-order valence-electron chi connectivity index (χ3n) is 5.03. The van der Waals surface area contributed by atoms with Crippen LogP contribution in [0, 0.1) is 13.8 Å². The lowest BCUT2D eigenvalue weighted by molar-refractivity contribution is 0.102. The van der Waals surface area contributed by atoms with Gasteiger partial charge in [-0.1, -0.05) is 26.0 Å². The molecule has 152 valence electrons. The van der Waals surface area contributed by atoms with E-state index in [0.29, 0.717) is 29.1 Å². The van der Waals surface area contributed by atoms with Crippen molar-refractivity contribution in [2.45, 2.75) is 27.7 Å². The summed E-state index contributed by atoms with van der Waals surface area (Å²) in [6.45, 7) is 11.5. The summed E-state index contributed by atoms with van der Waals surface area (Å²) < 4.78 is 5.93. The minimum atomic E-state index is -0.202. The Morgan fingerprint density at radius 3 is 2.41 bits per heavy atom. The number of aromatic nitrogens is 2. The van der Waals surface area contributed by atoms with Crippen LogP contribution in [-0.4, -0.2) is 47.0 Å². The second-order valence-electron chi connectivity index (χ2n) is 6.92. The Morgan fingerprint density at radius 1 is 1.00 bits per heavy atom. The van der Waals surface area contributed by atoms with E-state index in [4.69, 9.17) is 4.74 Å². The maximum atomic E-state index is 12.8. The lowest BCUT2D eigenvalue weighted by Crippen LogP contribution is -2.28. The second kappa shape index (κ2) is 9.47. The van der Waals surface area contributed by atoms with Crippen molar-refractivity contribution < 1.29 is 9.53 Å². The Balaban J connectivity index is 1.73.